The van der Waals surface area contributed by atoms with Gasteiger partial charge in [-0.05, 0) is 68.8 Å². The molecule has 1 aromatic rings. The summed E-state index contributed by atoms with van der Waals surface area (Å²) in [5.41, 5.74) is 1.25. The maximum absolute atomic E-state index is 5.75. The summed E-state index contributed by atoms with van der Waals surface area (Å²) in [6, 6.07) is 4.94. The zero-order chi connectivity index (χ0) is 13.7. The smallest absolute Gasteiger partial charge is 0.147 e. The van der Waals surface area contributed by atoms with Crippen molar-refractivity contribution in [3.8, 4) is 18.1 Å². The van der Waals surface area contributed by atoms with Gasteiger partial charge in [0.2, 0.25) is 0 Å². The van der Waals surface area contributed by atoms with Crippen LogP contribution in [0.25, 0.3) is 0 Å². The van der Waals surface area contributed by atoms with Crippen LogP contribution in [0.2, 0.25) is 0 Å². The minimum atomic E-state index is 0.640. The lowest BCUT2D eigenvalue weighted by Crippen LogP contribution is -2.15. The van der Waals surface area contributed by atoms with E-state index in [4.69, 9.17) is 11.2 Å². The highest BCUT2D eigenvalue weighted by Gasteiger charge is 2.20. The van der Waals surface area contributed by atoms with Gasteiger partial charge in [0.25, 0.3) is 0 Å². The Morgan fingerprint density at radius 1 is 1.32 bits per heavy atom. The number of halogens is 2. The van der Waals surface area contributed by atoms with E-state index >= 15 is 0 Å². The van der Waals surface area contributed by atoms with Crippen molar-refractivity contribution in [3.05, 3.63) is 26.6 Å². The van der Waals surface area contributed by atoms with Crippen LogP contribution >= 0.6 is 31.9 Å². The first-order valence-electron chi connectivity index (χ1n) is 6.48. The fraction of sp³-hybridized carbons (Fsp3) is 0.467. The second-order valence-corrected chi connectivity index (χ2v) is 6.41. The molecule has 0 radical (unpaired) electrons. The van der Waals surface area contributed by atoms with Gasteiger partial charge in [0.15, 0.2) is 0 Å². The third-order valence-electron chi connectivity index (χ3n) is 2.94. The fourth-order valence-electron chi connectivity index (χ4n) is 1.75. The molecule has 1 N–H and O–H groups in total. The third kappa shape index (κ3) is 4.83. The topological polar surface area (TPSA) is 21.3 Å². The van der Waals surface area contributed by atoms with Crippen molar-refractivity contribution in [2.45, 2.75) is 38.3 Å². The summed E-state index contributed by atoms with van der Waals surface area (Å²) in [4.78, 5) is 0. The highest BCUT2D eigenvalue weighted by atomic mass is 79.9. The second kappa shape index (κ2) is 7.33. The van der Waals surface area contributed by atoms with E-state index in [2.05, 4.69) is 55.2 Å². The van der Waals surface area contributed by atoms with Gasteiger partial charge in [-0.15, -0.1) is 12.3 Å². The molecule has 1 aliphatic rings. The van der Waals surface area contributed by atoms with Crippen LogP contribution in [0.15, 0.2) is 21.1 Å². The first-order valence-corrected chi connectivity index (χ1v) is 8.07. The van der Waals surface area contributed by atoms with Gasteiger partial charge in [0.05, 0.1) is 15.6 Å². The second-order valence-electron chi connectivity index (χ2n) is 4.70. The van der Waals surface area contributed by atoms with E-state index in [-0.39, 0.29) is 0 Å². The molecule has 0 saturated heterocycles. The molecule has 4 heteroatoms. The van der Waals surface area contributed by atoms with Gasteiger partial charge < -0.3 is 10.1 Å². The lowest BCUT2D eigenvalue weighted by atomic mass is 10.2. The Morgan fingerprint density at radius 2 is 2.00 bits per heavy atom. The average molecular weight is 387 g/mol. The fourth-order valence-corrected chi connectivity index (χ4v) is 3.26. The summed E-state index contributed by atoms with van der Waals surface area (Å²) in [5.74, 6) is 3.47. The number of hydrogen-bond acceptors (Lipinski definition) is 2. The predicted molar refractivity (Wildman–Crippen MR) is 85.3 cm³/mol. The van der Waals surface area contributed by atoms with Crippen LogP contribution in [0, 0.1) is 12.3 Å². The number of unbranched alkanes of at least 4 members (excludes halogenated alkanes) is 1. The first-order chi connectivity index (χ1) is 9.20. The van der Waals surface area contributed by atoms with Crippen molar-refractivity contribution in [2.75, 3.05) is 6.61 Å². The van der Waals surface area contributed by atoms with Crippen molar-refractivity contribution in [2.24, 2.45) is 0 Å². The number of ether oxygens (including phenoxy) is 1. The molecule has 1 aliphatic carbocycles. The first kappa shape index (κ1) is 14.9. The van der Waals surface area contributed by atoms with Gasteiger partial charge in [0, 0.05) is 19.0 Å². The van der Waals surface area contributed by atoms with Crippen molar-refractivity contribution < 1.29 is 4.74 Å². The lowest BCUT2D eigenvalue weighted by Gasteiger charge is -2.12. The molecule has 102 valence electrons. The predicted octanol–water partition coefficient (Wildman–Crippen LogP) is 4.26. The molecular weight excluding hydrogens is 370 g/mol. The quantitative estimate of drug-likeness (QED) is 0.558. The maximum atomic E-state index is 5.75. The number of nitrogens with one attached hydrogen (secondary N) is 1. The normalized spacial score (nSPS) is 14.2. The van der Waals surface area contributed by atoms with E-state index in [1.807, 2.05) is 0 Å². The minimum Gasteiger partial charge on any atom is -0.491 e. The SMILES string of the molecule is C#CCCCOc1c(Br)cc(CNC2CC2)cc1Br. The highest BCUT2D eigenvalue weighted by Crippen LogP contribution is 2.35. The molecule has 0 atom stereocenters. The molecule has 0 aliphatic heterocycles. The van der Waals surface area contributed by atoms with Gasteiger partial charge in [0.1, 0.15) is 5.75 Å². The van der Waals surface area contributed by atoms with Crippen LogP contribution in [0.3, 0.4) is 0 Å². The van der Waals surface area contributed by atoms with Crippen LogP contribution < -0.4 is 10.1 Å². The summed E-state index contributed by atoms with van der Waals surface area (Å²) in [6.45, 7) is 1.54. The molecule has 0 amide bonds. The molecule has 0 heterocycles. The van der Waals surface area contributed by atoms with E-state index in [1.54, 1.807) is 0 Å². The Balaban J connectivity index is 1.93. The summed E-state index contributed by atoms with van der Waals surface area (Å²) in [6.07, 6.45) is 9.45. The van der Waals surface area contributed by atoms with Crippen molar-refractivity contribution in [3.63, 3.8) is 0 Å². The minimum absolute atomic E-state index is 0.640. The number of hydrogen-bond donors (Lipinski definition) is 1. The van der Waals surface area contributed by atoms with Gasteiger partial charge in [-0.1, -0.05) is 0 Å². The van der Waals surface area contributed by atoms with Crippen LogP contribution in [0.1, 0.15) is 31.2 Å². The third-order valence-corrected chi connectivity index (χ3v) is 4.12. The largest absolute Gasteiger partial charge is 0.491 e. The van der Waals surface area contributed by atoms with Crippen LogP contribution in [-0.2, 0) is 6.54 Å². The Kier molecular flexibility index (Phi) is 5.75. The van der Waals surface area contributed by atoms with E-state index in [0.29, 0.717) is 6.61 Å². The van der Waals surface area contributed by atoms with Gasteiger partial charge in [-0.25, -0.2) is 0 Å². The Labute approximate surface area is 131 Å². The van der Waals surface area contributed by atoms with E-state index in [9.17, 15) is 0 Å². The molecule has 0 bridgehead atoms. The molecule has 2 nitrogen and oxygen atoms in total. The summed E-state index contributed by atoms with van der Waals surface area (Å²) >= 11 is 7.13. The zero-order valence-electron chi connectivity index (χ0n) is 10.7. The lowest BCUT2D eigenvalue weighted by molar-refractivity contribution is 0.309. The zero-order valence-corrected chi connectivity index (χ0v) is 13.9. The molecular formula is C15H17Br2NO. The van der Waals surface area contributed by atoms with E-state index < -0.39 is 0 Å². The van der Waals surface area contributed by atoms with Crippen molar-refractivity contribution in [1.29, 1.82) is 0 Å². The summed E-state index contributed by atoms with van der Waals surface area (Å²) in [5, 5.41) is 3.50. The van der Waals surface area contributed by atoms with E-state index in [1.165, 1.54) is 18.4 Å². The molecule has 1 aromatic carbocycles. The maximum Gasteiger partial charge on any atom is 0.147 e. The summed E-state index contributed by atoms with van der Waals surface area (Å²) < 4.78 is 7.72. The standard InChI is InChI=1S/C15H17Br2NO/c1-2-3-4-7-19-15-13(16)8-11(9-14(15)17)10-18-12-5-6-12/h1,8-9,12,18H,3-7,10H2. The van der Waals surface area contributed by atoms with Crippen LogP contribution in [0.4, 0.5) is 0 Å². The molecule has 2 rings (SSSR count). The Hall–Kier alpha value is -0.500. The monoisotopic (exact) mass is 385 g/mol. The Morgan fingerprint density at radius 3 is 2.58 bits per heavy atom. The molecule has 1 fully saturated rings. The molecule has 0 unspecified atom stereocenters. The average Bonchev–Trinajstić information content (AvgIpc) is 3.18. The van der Waals surface area contributed by atoms with Gasteiger partial charge >= 0.3 is 0 Å². The van der Waals surface area contributed by atoms with Crippen LogP contribution in [0.5, 0.6) is 5.75 Å². The van der Waals surface area contributed by atoms with Gasteiger partial charge in [-0.2, -0.15) is 0 Å². The number of rotatable bonds is 7. The van der Waals surface area contributed by atoms with Crippen molar-refractivity contribution in [1.82, 2.24) is 5.32 Å². The number of terminal acetylenes is 1. The Bertz CT molecular complexity index is 455. The summed E-state index contributed by atoms with van der Waals surface area (Å²) in [7, 11) is 0. The van der Waals surface area contributed by atoms with Gasteiger partial charge in [-0.3, -0.25) is 0 Å². The van der Waals surface area contributed by atoms with Crippen LogP contribution in [-0.4, -0.2) is 12.6 Å². The molecule has 19 heavy (non-hydrogen) atoms. The molecule has 0 spiro atoms. The van der Waals surface area contributed by atoms with Crippen molar-refractivity contribution >= 4 is 31.9 Å². The highest BCUT2D eigenvalue weighted by molar-refractivity contribution is 9.11. The molecule has 1 saturated carbocycles. The molecule has 0 aromatic heterocycles. The van der Waals surface area contributed by atoms with E-state index in [0.717, 1.165) is 40.1 Å². The number of benzene rings is 1.